The number of aliphatic hydroxyl groups is 1. The van der Waals surface area contributed by atoms with Crippen molar-refractivity contribution in [3.05, 3.63) is 57.4 Å². The molecule has 0 aliphatic carbocycles. The Hall–Kier alpha value is -2.19. The predicted octanol–water partition coefficient (Wildman–Crippen LogP) is 2.27. The molecule has 0 saturated carbocycles. The summed E-state index contributed by atoms with van der Waals surface area (Å²) in [5.74, 6) is -0.188. The number of halogens is 2. The zero-order valence-corrected chi connectivity index (χ0v) is 24.1. The third-order valence-electron chi connectivity index (χ3n) is 5.22. The number of H-pyrrole nitrogens is 1. The van der Waals surface area contributed by atoms with Crippen LogP contribution >= 0.6 is 35.3 Å². The van der Waals surface area contributed by atoms with Crippen molar-refractivity contribution < 1.29 is 37.7 Å². The lowest BCUT2D eigenvalue weighted by molar-refractivity contribution is -0.149. The fraction of sp³-hybridized carbons (Fsp3) is 0.500. The molecule has 1 saturated heterocycles. The van der Waals surface area contributed by atoms with Gasteiger partial charge in [-0.1, -0.05) is 33.6 Å². The summed E-state index contributed by atoms with van der Waals surface area (Å²) in [4.78, 5) is 38.1. The highest BCUT2D eigenvalue weighted by atomic mass is 79.9. The van der Waals surface area contributed by atoms with Crippen molar-refractivity contribution in [3.8, 4) is 11.5 Å². The second kappa shape index (κ2) is 12.3. The van der Waals surface area contributed by atoms with Gasteiger partial charge in [0.15, 0.2) is 10.0 Å². The van der Waals surface area contributed by atoms with E-state index in [9.17, 15) is 24.1 Å². The molecule has 16 heteroatoms. The number of carbonyl (C=O) groups is 1. The molecule has 1 aromatic heterocycles. The summed E-state index contributed by atoms with van der Waals surface area (Å²) in [5.41, 5.74) is -1.46. The zero-order valence-electron chi connectivity index (χ0n) is 20.8. The lowest BCUT2D eigenvalue weighted by Gasteiger charge is -2.25. The number of aromatic amines is 1. The fourth-order valence-electron chi connectivity index (χ4n) is 3.40. The van der Waals surface area contributed by atoms with E-state index in [4.69, 9.17) is 34.9 Å². The van der Waals surface area contributed by atoms with Crippen LogP contribution in [-0.4, -0.2) is 62.5 Å². The summed E-state index contributed by atoms with van der Waals surface area (Å²) in [5, 5.41) is 13.3. The Bertz CT molecular complexity index is 1300. The number of ether oxygens (including phenoxy) is 3. The summed E-state index contributed by atoms with van der Waals surface area (Å²) in [6.07, 6.45) is -3.26. The molecule has 0 amide bonds. The Morgan fingerprint density at radius 3 is 2.63 bits per heavy atom. The first-order valence-electron chi connectivity index (χ1n) is 11.3. The standard InChI is InChI=1S/C22H28BrClN3O10P/c1-12(2)35-19(30)13(3)26-38(32,37-15-7-5-6-14(10-15)33-4)34-11-16-18(29)22(23,24)20(36-16)27-9-8-17(28)25-21(27)31/h5-10,12-13,16,18,20,29H,11H2,1-4H3,(H,26,32)(H,25,28,31)/t13-,16+,18+,20+,22-,38-/m0/s1. The molecular weight excluding hydrogens is 613 g/mol. The minimum atomic E-state index is -4.33. The quantitative estimate of drug-likeness (QED) is 0.187. The van der Waals surface area contributed by atoms with Crippen LogP contribution in [0.3, 0.4) is 0 Å². The molecular formula is C22H28BrClN3O10P. The molecule has 0 radical (unpaired) electrons. The van der Waals surface area contributed by atoms with E-state index in [1.165, 1.54) is 26.2 Å². The zero-order chi connectivity index (χ0) is 28.3. The van der Waals surface area contributed by atoms with Gasteiger partial charge in [0.25, 0.3) is 5.56 Å². The maximum absolute atomic E-state index is 13.8. The summed E-state index contributed by atoms with van der Waals surface area (Å²) in [7, 11) is -2.88. The van der Waals surface area contributed by atoms with Gasteiger partial charge in [-0.15, -0.1) is 0 Å². The molecule has 210 valence electrons. The lowest BCUT2D eigenvalue weighted by atomic mass is 10.2. The number of carbonyl (C=O) groups excluding carboxylic acids is 1. The number of aromatic nitrogens is 2. The van der Waals surface area contributed by atoms with Crippen molar-refractivity contribution in [1.82, 2.24) is 14.6 Å². The van der Waals surface area contributed by atoms with Gasteiger partial charge in [-0.05, 0) is 32.9 Å². The van der Waals surface area contributed by atoms with Gasteiger partial charge in [0.05, 0.1) is 19.8 Å². The van der Waals surface area contributed by atoms with Gasteiger partial charge in [-0.2, -0.15) is 5.09 Å². The van der Waals surface area contributed by atoms with Gasteiger partial charge in [-0.25, -0.2) is 9.36 Å². The highest BCUT2D eigenvalue weighted by Crippen LogP contribution is 2.50. The van der Waals surface area contributed by atoms with E-state index in [1.54, 1.807) is 26.0 Å². The van der Waals surface area contributed by atoms with Crippen LogP contribution in [0.2, 0.25) is 0 Å². The number of alkyl halides is 2. The maximum Gasteiger partial charge on any atom is 0.459 e. The maximum atomic E-state index is 13.8. The van der Waals surface area contributed by atoms with E-state index >= 15 is 0 Å². The number of aliphatic hydroxyl groups excluding tert-OH is 1. The van der Waals surface area contributed by atoms with Crippen molar-refractivity contribution in [3.63, 3.8) is 0 Å². The summed E-state index contributed by atoms with van der Waals surface area (Å²) in [6, 6.07) is 6.16. The van der Waals surface area contributed by atoms with E-state index in [2.05, 4.69) is 26.0 Å². The Balaban J connectivity index is 1.83. The van der Waals surface area contributed by atoms with Crippen LogP contribution in [0.4, 0.5) is 0 Å². The topological polar surface area (TPSA) is 167 Å². The van der Waals surface area contributed by atoms with Crippen molar-refractivity contribution in [2.75, 3.05) is 13.7 Å². The number of hydrogen-bond donors (Lipinski definition) is 3. The first-order valence-corrected chi connectivity index (χ1v) is 14.1. The number of benzene rings is 1. The predicted molar refractivity (Wildman–Crippen MR) is 140 cm³/mol. The number of nitrogens with zero attached hydrogens (tertiary/aromatic N) is 1. The monoisotopic (exact) mass is 639 g/mol. The molecule has 38 heavy (non-hydrogen) atoms. The molecule has 2 heterocycles. The first-order chi connectivity index (χ1) is 17.8. The number of methoxy groups -OCH3 is 1. The van der Waals surface area contributed by atoms with Crippen LogP contribution < -0.4 is 25.6 Å². The van der Waals surface area contributed by atoms with Crippen LogP contribution in [0, 0.1) is 0 Å². The lowest BCUT2D eigenvalue weighted by Crippen LogP contribution is -2.41. The molecule has 0 unspecified atom stereocenters. The minimum absolute atomic E-state index is 0.0994. The Labute approximate surface area is 231 Å². The van der Waals surface area contributed by atoms with E-state index in [0.717, 1.165) is 16.8 Å². The van der Waals surface area contributed by atoms with Gasteiger partial charge < -0.3 is 23.8 Å². The van der Waals surface area contributed by atoms with Crippen LogP contribution in [0.25, 0.3) is 0 Å². The van der Waals surface area contributed by atoms with Crippen molar-refractivity contribution in [2.24, 2.45) is 0 Å². The van der Waals surface area contributed by atoms with Crippen molar-refractivity contribution in [1.29, 1.82) is 0 Å². The van der Waals surface area contributed by atoms with Gasteiger partial charge in [-0.3, -0.25) is 23.7 Å². The fourth-order valence-corrected chi connectivity index (χ4v) is 5.81. The molecule has 2 aromatic rings. The third-order valence-corrected chi connectivity index (χ3v) is 8.13. The smallest absolute Gasteiger partial charge is 0.459 e. The van der Waals surface area contributed by atoms with Gasteiger partial charge >= 0.3 is 19.4 Å². The molecule has 1 fully saturated rings. The summed E-state index contributed by atoms with van der Waals surface area (Å²) < 4.78 is 40.3. The molecule has 13 nitrogen and oxygen atoms in total. The number of hydrogen-bond acceptors (Lipinski definition) is 10. The number of nitrogens with one attached hydrogen (secondary N) is 2. The normalized spacial score (nSPS) is 25.5. The van der Waals surface area contributed by atoms with Crippen LogP contribution in [-0.2, 0) is 23.4 Å². The molecule has 1 aliphatic heterocycles. The Morgan fingerprint density at radius 2 is 2.00 bits per heavy atom. The second-order valence-corrected chi connectivity index (χ2v) is 12.7. The van der Waals surface area contributed by atoms with E-state index in [1.807, 2.05) is 0 Å². The van der Waals surface area contributed by atoms with Crippen LogP contribution in [0.1, 0.15) is 27.0 Å². The molecule has 6 atom stereocenters. The molecule has 1 aliphatic rings. The largest absolute Gasteiger partial charge is 0.497 e. The van der Waals surface area contributed by atoms with Gasteiger partial charge in [0.1, 0.15) is 29.7 Å². The molecule has 3 rings (SSSR count). The number of esters is 1. The van der Waals surface area contributed by atoms with Crippen LogP contribution in [0.5, 0.6) is 11.5 Å². The average molecular weight is 641 g/mol. The van der Waals surface area contributed by atoms with Crippen LogP contribution in [0.15, 0.2) is 46.1 Å². The van der Waals surface area contributed by atoms with Crippen molar-refractivity contribution in [2.45, 2.75) is 55.1 Å². The SMILES string of the molecule is COc1cccc(O[P@](=O)(N[C@@H](C)C(=O)OC(C)C)OC[C@H]2O[C@@H](n3ccc(=O)[nH]c3=O)[C@](Cl)(Br)[C@@H]2O)c1. The average Bonchev–Trinajstić information content (AvgIpc) is 3.06. The first kappa shape index (κ1) is 30.4. The third kappa shape index (κ3) is 7.26. The highest BCUT2D eigenvalue weighted by molar-refractivity contribution is 9.10. The van der Waals surface area contributed by atoms with E-state index in [-0.39, 0.29) is 5.75 Å². The molecule has 0 spiro atoms. The molecule has 0 bridgehead atoms. The Morgan fingerprint density at radius 1 is 1.32 bits per heavy atom. The van der Waals surface area contributed by atoms with Gasteiger partial charge in [0, 0.05) is 18.3 Å². The Kier molecular flexibility index (Phi) is 9.85. The van der Waals surface area contributed by atoms with Crippen molar-refractivity contribution >= 4 is 41.2 Å². The van der Waals surface area contributed by atoms with E-state index < -0.39 is 65.9 Å². The van der Waals surface area contributed by atoms with E-state index in [0.29, 0.717) is 5.75 Å². The summed E-state index contributed by atoms with van der Waals surface area (Å²) >= 11 is 9.62. The molecule has 3 N–H and O–H groups in total. The summed E-state index contributed by atoms with van der Waals surface area (Å²) in [6.45, 7) is 4.19. The minimum Gasteiger partial charge on any atom is -0.497 e. The highest BCUT2D eigenvalue weighted by Gasteiger charge is 2.55. The molecule has 1 aromatic carbocycles. The number of rotatable bonds is 11. The second-order valence-electron chi connectivity index (χ2n) is 8.56. The van der Waals surface area contributed by atoms with Gasteiger partial charge in [0.2, 0.25) is 0 Å².